The topological polar surface area (TPSA) is 12.9 Å². The molecule has 40 heavy (non-hydrogen) atoms. The quantitative estimate of drug-likeness (QED) is 0.273. The van der Waals surface area contributed by atoms with Gasteiger partial charge in [-0.1, -0.05) is 158 Å². The number of rotatable bonds is 0. The summed E-state index contributed by atoms with van der Waals surface area (Å²) in [6.45, 7) is 32.1. The van der Waals surface area contributed by atoms with Crippen molar-refractivity contribution in [3.8, 4) is 0 Å². The van der Waals surface area contributed by atoms with E-state index in [9.17, 15) is 0 Å². The lowest BCUT2D eigenvalue weighted by atomic mass is 9.82. The van der Waals surface area contributed by atoms with Gasteiger partial charge in [0.1, 0.15) is 0 Å². The number of fused-ring (bicyclic) bond motifs is 1. The Labute approximate surface area is 251 Å². The standard InChI is InChI=1S/C14H20.C10H14.C9H13N.3C2H6/c1-14(2,3)13-9-8-11-6-4-5-7-12(11)10-13;1-10(2,3)9-7-5-4-6-8-9;1-9(2,3)8-5-4-6-10-7-8;3*1-2/h8-10H,4-7H2,1-3H3;4-8H,1-3H3;4-7H,1-3H3;3*1-2H3. The summed E-state index contributed by atoms with van der Waals surface area (Å²) in [5, 5.41) is 0. The summed E-state index contributed by atoms with van der Waals surface area (Å²) < 4.78 is 0. The molecule has 0 bridgehead atoms. The van der Waals surface area contributed by atoms with Crippen molar-refractivity contribution in [2.24, 2.45) is 0 Å². The molecule has 0 fully saturated rings. The normalized spacial score (nSPS) is 12.0. The zero-order chi connectivity index (χ0) is 31.4. The van der Waals surface area contributed by atoms with Crippen molar-refractivity contribution in [2.45, 2.75) is 146 Å². The van der Waals surface area contributed by atoms with Crippen LogP contribution in [0.4, 0.5) is 0 Å². The van der Waals surface area contributed by atoms with E-state index in [1.165, 1.54) is 42.4 Å². The number of benzene rings is 2. The highest BCUT2D eigenvalue weighted by Crippen LogP contribution is 2.28. The first-order valence-electron chi connectivity index (χ1n) is 15.9. The highest BCUT2D eigenvalue weighted by molar-refractivity contribution is 5.36. The van der Waals surface area contributed by atoms with E-state index < -0.39 is 0 Å². The Bertz CT molecular complexity index is 931. The molecular weight excluding hydrogens is 482 g/mol. The van der Waals surface area contributed by atoms with Gasteiger partial charge in [-0.05, 0) is 75.8 Å². The van der Waals surface area contributed by atoms with Crippen LogP contribution >= 0.6 is 0 Å². The highest BCUT2D eigenvalue weighted by atomic mass is 14.6. The van der Waals surface area contributed by atoms with Crippen molar-refractivity contribution in [1.29, 1.82) is 0 Å². The Morgan fingerprint density at radius 1 is 0.475 bits per heavy atom. The summed E-state index contributed by atoms with van der Waals surface area (Å²) in [6.07, 6.45) is 9.05. The van der Waals surface area contributed by atoms with Gasteiger partial charge in [-0.3, -0.25) is 4.98 Å². The van der Waals surface area contributed by atoms with Gasteiger partial charge < -0.3 is 0 Å². The lowest BCUT2D eigenvalue weighted by molar-refractivity contribution is 0.585. The average Bonchev–Trinajstić information content (AvgIpc) is 2.96. The number of aryl methyl sites for hydroxylation is 2. The first kappa shape index (κ1) is 39.7. The SMILES string of the molecule is CC.CC.CC.CC(C)(C)c1ccc2c(c1)CCCC2.CC(C)(C)c1ccccc1.CC(C)(C)c1cccnc1. The van der Waals surface area contributed by atoms with Crippen LogP contribution in [0.25, 0.3) is 0 Å². The molecule has 0 radical (unpaired) electrons. The summed E-state index contributed by atoms with van der Waals surface area (Å²) in [5.41, 5.74) is 8.18. The van der Waals surface area contributed by atoms with E-state index in [4.69, 9.17) is 0 Å². The fourth-order valence-corrected chi connectivity index (χ4v) is 3.94. The molecule has 1 nitrogen and oxygen atoms in total. The molecule has 1 aromatic heterocycles. The van der Waals surface area contributed by atoms with Gasteiger partial charge in [0.05, 0.1) is 0 Å². The largest absolute Gasteiger partial charge is 0.264 e. The lowest BCUT2D eigenvalue weighted by Crippen LogP contribution is -2.13. The van der Waals surface area contributed by atoms with Gasteiger partial charge in [-0.2, -0.15) is 0 Å². The summed E-state index contributed by atoms with van der Waals surface area (Å²) >= 11 is 0. The van der Waals surface area contributed by atoms with Crippen LogP contribution in [0.3, 0.4) is 0 Å². The third-order valence-electron chi connectivity index (χ3n) is 6.38. The highest BCUT2D eigenvalue weighted by Gasteiger charge is 2.17. The van der Waals surface area contributed by atoms with Crippen LogP contribution in [-0.4, -0.2) is 4.98 Å². The molecule has 1 heterocycles. The van der Waals surface area contributed by atoms with Crippen molar-refractivity contribution in [3.63, 3.8) is 0 Å². The predicted octanol–water partition coefficient (Wildman–Crippen LogP) is 12.3. The molecule has 0 unspecified atom stereocenters. The van der Waals surface area contributed by atoms with Crippen molar-refractivity contribution >= 4 is 0 Å². The van der Waals surface area contributed by atoms with Crippen LogP contribution in [0.15, 0.2) is 73.1 Å². The summed E-state index contributed by atoms with van der Waals surface area (Å²) in [4.78, 5) is 4.05. The number of aromatic nitrogens is 1. The van der Waals surface area contributed by atoms with E-state index in [-0.39, 0.29) is 5.41 Å². The molecule has 0 atom stereocenters. The van der Waals surface area contributed by atoms with Crippen LogP contribution in [0.1, 0.15) is 145 Å². The van der Waals surface area contributed by atoms with Crippen molar-refractivity contribution < 1.29 is 0 Å². The van der Waals surface area contributed by atoms with E-state index in [1.807, 2.05) is 53.8 Å². The second kappa shape index (κ2) is 20.5. The molecule has 4 rings (SSSR count). The maximum absolute atomic E-state index is 4.05. The van der Waals surface area contributed by atoms with Crippen LogP contribution in [0.5, 0.6) is 0 Å². The maximum atomic E-state index is 4.05. The summed E-state index contributed by atoms with van der Waals surface area (Å²) in [5.74, 6) is 0. The predicted molar refractivity (Wildman–Crippen MR) is 184 cm³/mol. The Balaban J connectivity index is 0. The fourth-order valence-electron chi connectivity index (χ4n) is 3.94. The molecule has 0 saturated heterocycles. The van der Waals surface area contributed by atoms with Crippen LogP contribution in [-0.2, 0) is 29.1 Å². The second-order valence-corrected chi connectivity index (χ2v) is 12.5. The minimum atomic E-state index is 0.230. The smallest absolute Gasteiger partial charge is 0.0305 e. The van der Waals surface area contributed by atoms with Gasteiger partial charge in [0.15, 0.2) is 0 Å². The van der Waals surface area contributed by atoms with Gasteiger partial charge in [0.2, 0.25) is 0 Å². The first-order valence-corrected chi connectivity index (χ1v) is 15.9. The number of nitrogens with zero attached hydrogens (tertiary/aromatic N) is 1. The van der Waals surface area contributed by atoms with Crippen LogP contribution in [0.2, 0.25) is 0 Å². The lowest BCUT2D eigenvalue weighted by Gasteiger charge is -2.23. The fraction of sp³-hybridized carbons (Fsp3) is 0.564. The molecule has 0 spiro atoms. The third-order valence-corrected chi connectivity index (χ3v) is 6.38. The molecule has 1 aliphatic carbocycles. The minimum Gasteiger partial charge on any atom is -0.264 e. The molecule has 0 aliphatic heterocycles. The number of hydrogen-bond acceptors (Lipinski definition) is 1. The monoisotopic (exact) mass is 548 g/mol. The van der Waals surface area contributed by atoms with E-state index in [0.29, 0.717) is 10.8 Å². The molecule has 0 saturated carbocycles. The van der Waals surface area contributed by atoms with Gasteiger partial charge in [0.25, 0.3) is 0 Å². The van der Waals surface area contributed by atoms with E-state index in [0.717, 1.165) is 0 Å². The molecule has 1 heteroatoms. The molecule has 3 aromatic rings. The van der Waals surface area contributed by atoms with Crippen LogP contribution < -0.4 is 0 Å². The van der Waals surface area contributed by atoms with Crippen molar-refractivity contribution in [2.75, 3.05) is 0 Å². The van der Waals surface area contributed by atoms with Gasteiger partial charge in [-0.15, -0.1) is 0 Å². The van der Waals surface area contributed by atoms with E-state index in [2.05, 4.69) is 122 Å². The number of pyridine rings is 1. The zero-order valence-corrected chi connectivity index (χ0v) is 29.2. The average molecular weight is 548 g/mol. The van der Waals surface area contributed by atoms with Gasteiger partial charge in [0, 0.05) is 12.4 Å². The van der Waals surface area contributed by atoms with E-state index >= 15 is 0 Å². The van der Waals surface area contributed by atoms with E-state index in [1.54, 1.807) is 17.3 Å². The Hall–Kier alpha value is -2.41. The summed E-state index contributed by atoms with van der Waals surface area (Å²) in [7, 11) is 0. The summed E-state index contributed by atoms with van der Waals surface area (Å²) in [6, 6.07) is 21.7. The Morgan fingerprint density at radius 3 is 1.30 bits per heavy atom. The maximum Gasteiger partial charge on any atom is 0.0305 e. The Kier molecular flexibility index (Phi) is 20.3. The molecule has 1 aliphatic rings. The van der Waals surface area contributed by atoms with Crippen molar-refractivity contribution in [3.05, 3.63) is 101 Å². The molecule has 0 amide bonds. The zero-order valence-electron chi connectivity index (χ0n) is 29.2. The first-order chi connectivity index (χ1) is 18.8. The molecule has 0 N–H and O–H groups in total. The second-order valence-electron chi connectivity index (χ2n) is 12.5. The Morgan fingerprint density at radius 2 is 0.925 bits per heavy atom. The molecular formula is C39H65N. The minimum absolute atomic E-state index is 0.230. The van der Waals surface area contributed by atoms with Gasteiger partial charge >= 0.3 is 0 Å². The van der Waals surface area contributed by atoms with Gasteiger partial charge in [-0.25, -0.2) is 0 Å². The van der Waals surface area contributed by atoms with Crippen LogP contribution in [0, 0.1) is 0 Å². The molecule has 226 valence electrons. The van der Waals surface area contributed by atoms with Crippen molar-refractivity contribution in [1.82, 2.24) is 4.98 Å². The molecule has 2 aromatic carbocycles. The number of hydrogen-bond donors (Lipinski definition) is 0. The third kappa shape index (κ3) is 16.0.